The number of hydrogen-bond donors (Lipinski definition) is 0. The first kappa shape index (κ1) is 16.9. The minimum atomic E-state index is 0.469. The second kappa shape index (κ2) is 7.75. The summed E-state index contributed by atoms with van der Waals surface area (Å²) < 4.78 is 2.33. The Morgan fingerprint density at radius 2 is 2.12 bits per heavy atom. The molecule has 6 nitrogen and oxygen atoms in total. The quantitative estimate of drug-likeness (QED) is 0.814. The number of piperidine rings is 1. The molecule has 1 atom stereocenters. The summed E-state index contributed by atoms with van der Waals surface area (Å²) in [6, 6.07) is 4.11. The average molecular weight is 328 g/mol. The van der Waals surface area contributed by atoms with Crippen LogP contribution in [0.5, 0.6) is 0 Å². The average Bonchev–Trinajstić information content (AvgIpc) is 3.04. The zero-order valence-corrected chi connectivity index (χ0v) is 15.0. The van der Waals surface area contributed by atoms with Gasteiger partial charge in [-0.15, -0.1) is 5.10 Å². The molecule has 1 aliphatic heterocycles. The van der Waals surface area contributed by atoms with Crippen LogP contribution in [0, 0.1) is 6.92 Å². The van der Waals surface area contributed by atoms with Gasteiger partial charge in [0.2, 0.25) is 0 Å². The van der Waals surface area contributed by atoms with Gasteiger partial charge in [-0.3, -0.25) is 0 Å². The van der Waals surface area contributed by atoms with Crippen molar-refractivity contribution in [2.45, 2.75) is 38.6 Å². The Hall–Kier alpha value is -1.95. The zero-order valence-electron chi connectivity index (χ0n) is 15.0. The lowest BCUT2D eigenvalue weighted by molar-refractivity contribution is 0.380. The Labute approximate surface area is 144 Å². The maximum absolute atomic E-state index is 4.67. The number of aryl methyl sites for hydroxylation is 2. The van der Waals surface area contributed by atoms with Crippen LogP contribution in [0.15, 0.2) is 24.5 Å². The molecule has 2 aromatic rings. The highest BCUT2D eigenvalue weighted by molar-refractivity contribution is 5.38. The van der Waals surface area contributed by atoms with Gasteiger partial charge in [-0.2, -0.15) is 5.10 Å². The van der Waals surface area contributed by atoms with Crippen molar-refractivity contribution in [1.82, 2.24) is 24.6 Å². The van der Waals surface area contributed by atoms with E-state index in [1.165, 1.54) is 18.7 Å². The molecule has 1 fully saturated rings. The normalized spacial score (nSPS) is 18.3. The van der Waals surface area contributed by atoms with Gasteiger partial charge < -0.3 is 14.4 Å². The molecule has 0 bridgehead atoms. The van der Waals surface area contributed by atoms with Crippen LogP contribution in [0.25, 0.3) is 0 Å². The molecule has 0 N–H and O–H groups in total. The minimum absolute atomic E-state index is 0.469. The largest absolute Gasteiger partial charge is 0.354 e. The molecule has 3 rings (SSSR count). The van der Waals surface area contributed by atoms with Crippen molar-refractivity contribution in [2.75, 3.05) is 38.6 Å². The first-order chi connectivity index (χ1) is 11.6. The van der Waals surface area contributed by atoms with Gasteiger partial charge >= 0.3 is 0 Å². The van der Waals surface area contributed by atoms with Crippen LogP contribution in [0.4, 0.5) is 5.82 Å². The van der Waals surface area contributed by atoms with E-state index in [0.717, 1.165) is 44.1 Å². The highest BCUT2D eigenvalue weighted by Crippen LogP contribution is 2.28. The standard InChI is InChI=1S/C18H28N6/c1-15-7-8-17(21-20-15)24-11-4-6-16(14-24)18-19-9-13-23(18)12-5-10-22(2)3/h7-9,13,16H,4-6,10-12,14H2,1-3H3. The molecule has 0 amide bonds. The van der Waals surface area contributed by atoms with Crippen molar-refractivity contribution in [3.05, 3.63) is 36.0 Å². The first-order valence-electron chi connectivity index (χ1n) is 8.84. The second-order valence-corrected chi connectivity index (χ2v) is 6.95. The van der Waals surface area contributed by atoms with Crippen LogP contribution in [0.1, 0.15) is 36.7 Å². The molecule has 0 aliphatic carbocycles. The molecule has 1 unspecified atom stereocenters. The van der Waals surface area contributed by atoms with Crippen LogP contribution in [-0.4, -0.2) is 58.4 Å². The van der Waals surface area contributed by atoms with Crippen LogP contribution < -0.4 is 4.90 Å². The SMILES string of the molecule is Cc1ccc(N2CCCC(c3nccn3CCCN(C)C)C2)nn1. The summed E-state index contributed by atoms with van der Waals surface area (Å²) in [6.07, 6.45) is 7.58. The van der Waals surface area contributed by atoms with Gasteiger partial charge in [-0.1, -0.05) is 0 Å². The summed E-state index contributed by atoms with van der Waals surface area (Å²) >= 11 is 0. The molecule has 1 saturated heterocycles. The molecular formula is C18H28N6. The van der Waals surface area contributed by atoms with E-state index in [9.17, 15) is 0 Å². The third-order valence-corrected chi connectivity index (χ3v) is 4.65. The third kappa shape index (κ3) is 4.12. The summed E-state index contributed by atoms with van der Waals surface area (Å²) in [6.45, 7) is 6.14. The van der Waals surface area contributed by atoms with Gasteiger partial charge in [-0.05, 0) is 59.0 Å². The van der Waals surface area contributed by atoms with Crippen molar-refractivity contribution in [3.63, 3.8) is 0 Å². The van der Waals surface area contributed by atoms with E-state index in [2.05, 4.69) is 55.9 Å². The van der Waals surface area contributed by atoms with Crippen LogP contribution in [0.3, 0.4) is 0 Å². The summed E-state index contributed by atoms with van der Waals surface area (Å²) in [5.41, 5.74) is 0.962. The van der Waals surface area contributed by atoms with Gasteiger partial charge in [0.1, 0.15) is 5.82 Å². The number of imidazole rings is 1. The van der Waals surface area contributed by atoms with Crippen LogP contribution in [-0.2, 0) is 6.54 Å². The molecule has 0 spiro atoms. The van der Waals surface area contributed by atoms with Crippen molar-refractivity contribution < 1.29 is 0 Å². The molecule has 0 radical (unpaired) electrons. The summed E-state index contributed by atoms with van der Waals surface area (Å²) in [7, 11) is 4.24. The smallest absolute Gasteiger partial charge is 0.151 e. The maximum Gasteiger partial charge on any atom is 0.151 e. The van der Waals surface area contributed by atoms with Gasteiger partial charge in [-0.25, -0.2) is 4.98 Å². The minimum Gasteiger partial charge on any atom is -0.354 e. The monoisotopic (exact) mass is 328 g/mol. The Kier molecular flexibility index (Phi) is 5.45. The van der Waals surface area contributed by atoms with Crippen molar-refractivity contribution in [2.24, 2.45) is 0 Å². The van der Waals surface area contributed by atoms with Crippen molar-refractivity contribution >= 4 is 5.82 Å². The highest BCUT2D eigenvalue weighted by Gasteiger charge is 2.25. The van der Waals surface area contributed by atoms with E-state index in [1.54, 1.807) is 0 Å². The molecule has 24 heavy (non-hydrogen) atoms. The fraction of sp³-hybridized carbons (Fsp3) is 0.611. The summed E-state index contributed by atoms with van der Waals surface area (Å²) in [5.74, 6) is 2.67. The molecule has 130 valence electrons. The Balaban J connectivity index is 1.66. The highest BCUT2D eigenvalue weighted by atomic mass is 15.3. The van der Waals surface area contributed by atoms with Gasteiger partial charge in [0.05, 0.1) is 5.69 Å². The lowest BCUT2D eigenvalue weighted by Crippen LogP contribution is -2.36. The number of aromatic nitrogens is 4. The maximum atomic E-state index is 4.67. The van der Waals surface area contributed by atoms with E-state index in [-0.39, 0.29) is 0 Å². The summed E-state index contributed by atoms with van der Waals surface area (Å²) in [5, 5.41) is 8.55. The fourth-order valence-electron chi connectivity index (χ4n) is 3.38. The summed E-state index contributed by atoms with van der Waals surface area (Å²) in [4.78, 5) is 9.24. The number of rotatable bonds is 6. The zero-order chi connectivity index (χ0) is 16.9. The molecule has 1 aliphatic rings. The fourth-order valence-corrected chi connectivity index (χ4v) is 3.38. The van der Waals surface area contributed by atoms with Gasteiger partial charge in [0.15, 0.2) is 5.82 Å². The third-order valence-electron chi connectivity index (χ3n) is 4.65. The van der Waals surface area contributed by atoms with E-state index in [1.807, 2.05) is 19.2 Å². The Morgan fingerprint density at radius 3 is 2.88 bits per heavy atom. The van der Waals surface area contributed by atoms with Crippen LogP contribution >= 0.6 is 0 Å². The Morgan fingerprint density at radius 1 is 1.25 bits per heavy atom. The molecule has 0 saturated carbocycles. The van der Waals surface area contributed by atoms with E-state index < -0.39 is 0 Å². The van der Waals surface area contributed by atoms with Gasteiger partial charge in [0.25, 0.3) is 0 Å². The topological polar surface area (TPSA) is 50.1 Å². The Bertz CT molecular complexity index is 633. The number of anilines is 1. The van der Waals surface area contributed by atoms with E-state index in [4.69, 9.17) is 0 Å². The predicted molar refractivity (Wildman–Crippen MR) is 96.4 cm³/mol. The van der Waals surface area contributed by atoms with E-state index >= 15 is 0 Å². The molecule has 3 heterocycles. The lowest BCUT2D eigenvalue weighted by Gasteiger charge is -2.33. The molecule has 0 aromatic carbocycles. The van der Waals surface area contributed by atoms with E-state index in [0.29, 0.717) is 5.92 Å². The van der Waals surface area contributed by atoms with Gasteiger partial charge in [0, 0.05) is 37.9 Å². The predicted octanol–water partition coefficient (Wildman–Crippen LogP) is 2.32. The number of nitrogens with zero attached hydrogens (tertiary/aromatic N) is 6. The van der Waals surface area contributed by atoms with Crippen molar-refractivity contribution in [1.29, 1.82) is 0 Å². The first-order valence-corrected chi connectivity index (χ1v) is 8.84. The van der Waals surface area contributed by atoms with Crippen molar-refractivity contribution in [3.8, 4) is 0 Å². The second-order valence-electron chi connectivity index (χ2n) is 6.95. The lowest BCUT2D eigenvalue weighted by atomic mass is 9.97. The van der Waals surface area contributed by atoms with Crippen LogP contribution in [0.2, 0.25) is 0 Å². The molecule has 6 heteroatoms. The molecule has 2 aromatic heterocycles. The number of hydrogen-bond acceptors (Lipinski definition) is 5. The molecular weight excluding hydrogens is 300 g/mol.